The lowest BCUT2D eigenvalue weighted by Crippen LogP contribution is -2.33. The van der Waals surface area contributed by atoms with Crippen molar-refractivity contribution in [3.63, 3.8) is 0 Å². The highest BCUT2D eigenvalue weighted by molar-refractivity contribution is 8.01. The van der Waals surface area contributed by atoms with Crippen molar-refractivity contribution in [2.45, 2.75) is 31.5 Å². The first kappa shape index (κ1) is 17.4. The van der Waals surface area contributed by atoms with Gasteiger partial charge < -0.3 is 4.90 Å². The zero-order valence-corrected chi connectivity index (χ0v) is 15.0. The van der Waals surface area contributed by atoms with Gasteiger partial charge in [-0.1, -0.05) is 29.2 Å². The van der Waals surface area contributed by atoms with Crippen LogP contribution in [0, 0.1) is 32.1 Å². The summed E-state index contributed by atoms with van der Waals surface area (Å²) in [6.07, 6.45) is 0.307. The molecule has 0 atom stereocenters. The molecule has 1 amide bonds. The van der Waals surface area contributed by atoms with E-state index in [4.69, 9.17) is 5.26 Å². The predicted octanol–water partition coefficient (Wildman–Crippen LogP) is 3.50. The van der Waals surface area contributed by atoms with E-state index in [2.05, 4.69) is 22.3 Å². The molecule has 0 saturated heterocycles. The Morgan fingerprint density at radius 1 is 1.26 bits per heavy atom. The number of nitrogens with zero attached hydrogens (tertiary/aromatic N) is 4. The molecule has 1 aromatic carbocycles. The second kappa shape index (κ2) is 8.09. The van der Waals surface area contributed by atoms with Gasteiger partial charge in [0, 0.05) is 12.2 Å². The second-order valence-corrected chi connectivity index (χ2v) is 7.58. The van der Waals surface area contributed by atoms with E-state index < -0.39 is 0 Å². The number of carbonyl (C=O) groups is 1. The molecule has 0 aliphatic carbocycles. The van der Waals surface area contributed by atoms with Gasteiger partial charge in [0.1, 0.15) is 5.01 Å². The first-order valence-corrected chi connectivity index (χ1v) is 8.98. The fraction of sp³-hybridized carbons (Fsp3) is 0.375. The zero-order valence-electron chi connectivity index (χ0n) is 13.4. The average Bonchev–Trinajstić information content (AvgIpc) is 2.90. The third-order valence-corrected chi connectivity index (χ3v) is 5.05. The van der Waals surface area contributed by atoms with Crippen LogP contribution in [-0.4, -0.2) is 28.4 Å². The molecule has 0 unspecified atom stereocenters. The van der Waals surface area contributed by atoms with E-state index in [0.29, 0.717) is 13.0 Å². The fourth-order valence-corrected chi connectivity index (χ4v) is 3.90. The molecule has 120 valence electrons. The number of anilines is 1. The Kier molecular flexibility index (Phi) is 6.13. The standard InChI is InChI=1S/C16H18N4OS2/c1-11-7-12(2)9-14(8-11)20(6-4-5-17)15(21)10-22-16-19-18-13(3)23-16/h7-9H,4,6,10H2,1-3H3. The van der Waals surface area contributed by atoms with Gasteiger partial charge in [0.05, 0.1) is 18.2 Å². The first-order chi connectivity index (χ1) is 11.0. The van der Waals surface area contributed by atoms with Gasteiger partial charge in [0.2, 0.25) is 5.91 Å². The number of aryl methyl sites for hydroxylation is 3. The second-order valence-electron chi connectivity index (χ2n) is 5.18. The molecule has 0 radical (unpaired) electrons. The molecule has 1 heterocycles. The quantitative estimate of drug-likeness (QED) is 0.749. The summed E-state index contributed by atoms with van der Waals surface area (Å²) in [5.74, 6) is 0.260. The molecular formula is C16H18N4OS2. The maximum atomic E-state index is 12.6. The van der Waals surface area contributed by atoms with E-state index in [1.54, 1.807) is 4.90 Å². The van der Waals surface area contributed by atoms with Crippen LogP contribution >= 0.6 is 23.1 Å². The van der Waals surface area contributed by atoms with Gasteiger partial charge >= 0.3 is 0 Å². The number of nitriles is 1. The first-order valence-electron chi connectivity index (χ1n) is 7.18. The predicted molar refractivity (Wildman–Crippen MR) is 93.9 cm³/mol. The Labute approximate surface area is 144 Å². The van der Waals surface area contributed by atoms with Crippen LogP contribution < -0.4 is 4.90 Å². The molecule has 0 bridgehead atoms. The minimum atomic E-state index is -0.0249. The summed E-state index contributed by atoms with van der Waals surface area (Å²) in [4.78, 5) is 14.3. The molecule has 0 spiro atoms. The molecule has 0 aliphatic rings. The molecule has 23 heavy (non-hydrogen) atoms. The lowest BCUT2D eigenvalue weighted by Gasteiger charge is -2.22. The summed E-state index contributed by atoms with van der Waals surface area (Å²) >= 11 is 2.86. The molecule has 0 saturated carbocycles. The number of benzene rings is 1. The van der Waals surface area contributed by atoms with Crippen LogP contribution in [0.3, 0.4) is 0 Å². The van der Waals surface area contributed by atoms with Crippen molar-refractivity contribution in [2.24, 2.45) is 0 Å². The van der Waals surface area contributed by atoms with Gasteiger partial charge in [-0.05, 0) is 44.0 Å². The van der Waals surface area contributed by atoms with Crippen molar-refractivity contribution in [1.29, 1.82) is 5.26 Å². The molecule has 7 heteroatoms. The molecule has 0 N–H and O–H groups in total. The Balaban J connectivity index is 2.13. The van der Waals surface area contributed by atoms with Crippen molar-refractivity contribution >= 4 is 34.7 Å². The van der Waals surface area contributed by atoms with E-state index in [9.17, 15) is 4.79 Å². The maximum absolute atomic E-state index is 12.6. The Hall–Kier alpha value is -1.91. The Bertz CT molecular complexity index is 716. The highest BCUT2D eigenvalue weighted by Crippen LogP contribution is 2.24. The summed E-state index contributed by atoms with van der Waals surface area (Å²) < 4.78 is 0.788. The van der Waals surface area contributed by atoms with Crippen LogP contribution in [0.5, 0.6) is 0 Å². The lowest BCUT2D eigenvalue weighted by molar-refractivity contribution is -0.116. The minimum Gasteiger partial charge on any atom is -0.311 e. The Morgan fingerprint density at radius 2 is 1.96 bits per heavy atom. The van der Waals surface area contributed by atoms with E-state index in [1.807, 2.05) is 32.9 Å². The molecule has 2 rings (SSSR count). The molecule has 1 aromatic heterocycles. The molecule has 0 fully saturated rings. The third kappa shape index (κ3) is 5.05. The van der Waals surface area contributed by atoms with Gasteiger partial charge in [-0.15, -0.1) is 10.2 Å². The summed E-state index contributed by atoms with van der Waals surface area (Å²) in [6.45, 7) is 6.29. The topological polar surface area (TPSA) is 69.9 Å². The Morgan fingerprint density at radius 3 is 2.52 bits per heavy atom. The van der Waals surface area contributed by atoms with Crippen molar-refractivity contribution in [2.75, 3.05) is 17.2 Å². The zero-order chi connectivity index (χ0) is 16.8. The fourth-order valence-electron chi connectivity index (χ4n) is 2.20. The summed E-state index contributed by atoms with van der Waals surface area (Å²) in [7, 11) is 0. The monoisotopic (exact) mass is 346 g/mol. The van der Waals surface area contributed by atoms with E-state index in [-0.39, 0.29) is 11.7 Å². The smallest absolute Gasteiger partial charge is 0.237 e. The maximum Gasteiger partial charge on any atom is 0.237 e. The van der Waals surface area contributed by atoms with Gasteiger partial charge in [-0.2, -0.15) is 5.26 Å². The lowest BCUT2D eigenvalue weighted by atomic mass is 10.1. The van der Waals surface area contributed by atoms with Crippen LogP contribution in [0.1, 0.15) is 22.6 Å². The number of carbonyl (C=O) groups excluding carboxylic acids is 1. The van der Waals surface area contributed by atoms with Gasteiger partial charge in [0.25, 0.3) is 0 Å². The number of thioether (sulfide) groups is 1. The molecular weight excluding hydrogens is 328 g/mol. The number of rotatable bonds is 6. The SMILES string of the molecule is Cc1cc(C)cc(N(CCC#N)C(=O)CSc2nnc(C)s2)c1. The third-order valence-electron chi connectivity index (χ3n) is 3.09. The largest absolute Gasteiger partial charge is 0.311 e. The van der Waals surface area contributed by atoms with Crippen molar-refractivity contribution in [1.82, 2.24) is 10.2 Å². The molecule has 2 aromatic rings. The van der Waals surface area contributed by atoms with Crippen molar-refractivity contribution in [3.05, 3.63) is 34.3 Å². The van der Waals surface area contributed by atoms with E-state index in [0.717, 1.165) is 26.2 Å². The van der Waals surface area contributed by atoms with E-state index >= 15 is 0 Å². The summed E-state index contributed by atoms with van der Waals surface area (Å²) in [6, 6.07) is 8.12. The van der Waals surface area contributed by atoms with Crippen LogP contribution in [-0.2, 0) is 4.79 Å². The van der Waals surface area contributed by atoms with Gasteiger partial charge in [-0.25, -0.2) is 0 Å². The van der Waals surface area contributed by atoms with Crippen LogP contribution in [0.25, 0.3) is 0 Å². The van der Waals surface area contributed by atoms with Crippen LogP contribution in [0.2, 0.25) is 0 Å². The van der Waals surface area contributed by atoms with Crippen LogP contribution in [0.15, 0.2) is 22.5 Å². The minimum absolute atomic E-state index is 0.0249. The highest BCUT2D eigenvalue weighted by Gasteiger charge is 2.17. The number of hydrogen-bond acceptors (Lipinski definition) is 6. The van der Waals surface area contributed by atoms with E-state index in [1.165, 1.54) is 23.1 Å². The van der Waals surface area contributed by atoms with Gasteiger partial charge in [-0.3, -0.25) is 4.79 Å². The van der Waals surface area contributed by atoms with Crippen molar-refractivity contribution in [3.8, 4) is 6.07 Å². The summed E-state index contributed by atoms with van der Waals surface area (Å²) in [5, 5.41) is 17.7. The number of amides is 1. The van der Waals surface area contributed by atoms with Gasteiger partial charge in [0.15, 0.2) is 4.34 Å². The number of aromatic nitrogens is 2. The average molecular weight is 346 g/mol. The molecule has 0 aliphatic heterocycles. The number of hydrogen-bond donors (Lipinski definition) is 0. The summed E-state index contributed by atoms with van der Waals surface area (Å²) in [5.41, 5.74) is 3.04. The normalized spacial score (nSPS) is 10.3. The van der Waals surface area contributed by atoms with Crippen molar-refractivity contribution < 1.29 is 4.79 Å². The molecule has 5 nitrogen and oxygen atoms in total. The highest BCUT2D eigenvalue weighted by atomic mass is 32.2. The van der Waals surface area contributed by atoms with Crippen LogP contribution in [0.4, 0.5) is 5.69 Å².